The first-order chi connectivity index (χ1) is 11.8. The van der Waals surface area contributed by atoms with Crippen LogP contribution in [0.4, 0.5) is 10.1 Å². The van der Waals surface area contributed by atoms with Crippen molar-refractivity contribution in [1.29, 1.82) is 0 Å². The van der Waals surface area contributed by atoms with E-state index < -0.39 is 15.7 Å². The smallest absolute Gasteiger partial charge is 0.287 e. The van der Waals surface area contributed by atoms with Crippen LogP contribution in [0.15, 0.2) is 32.3 Å². The van der Waals surface area contributed by atoms with Gasteiger partial charge >= 0.3 is 0 Å². The highest BCUT2D eigenvalue weighted by atomic mass is 79.9. The molecule has 0 radical (unpaired) electrons. The van der Waals surface area contributed by atoms with Crippen molar-refractivity contribution in [3.05, 3.63) is 34.2 Å². The number of rotatable bonds is 7. The van der Waals surface area contributed by atoms with Crippen molar-refractivity contribution >= 4 is 37.3 Å². The second-order valence-corrected chi connectivity index (χ2v) is 8.03. The molecule has 0 saturated carbocycles. The van der Waals surface area contributed by atoms with Gasteiger partial charge in [0.2, 0.25) is 5.69 Å². The van der Waals surface area contributed by atoms with Gasteiger partial charge in [-0.2, -0.15) is 0 Å². The van der Waals surface area contributed by atoms with Gasteiger partial charge in [-0.1, -0.05) is 0 Å². The Labute approximate surface area is 150 Å². The molecule has 1 aromatic carbocycles. The third-order valence-electron chi connectivity index (χ3n) is 2.83. The van der Waals surface area contributed by atoms with Crippen LogP contribution in [0, 0.1) is 5.82 Å². The van der Waals surface area contributed by atoms with Gasteiger partial charge in [-0.25, -0.2) is 22.4 Å². The Bertz CT molecular complexity index is 871. The van der Waals surface area contributed by atoms with E-state index in [4.69, 9.17) is 4.74 Å². The summed E-state index contributed by atoms with van der Waals surface area (Å²) in [5.74, 6) is -0.723. The number of ether oxygens (including phenoxy) is 1. The Balaban J connectivity index is 2.14. The molecule has 9 nitrogen and oxygen atoms in total. The summed E-state index contributed by atoms with van der Waals surface area (Å²) >= 11 is 3.03. The number of nitrogens with zero attached hydrogens (tertiary/aromatic N) is 3. The third-order valence-corrected chi connectivity index (χ3v) is 4.47. The molecule has 1 aromatic heterocycles. The van der Waals surface area contributed by atoms with Gasteiger partial charge in [0.05, 0.1) is 22.5 Å². The molecule has 2 N–H and O–H groups in total. The first kappa shape index (κ1) is 19.3. The molecule has 2 aromatic rings. The van der Waals surface area contributed by atoms with E-state index in [9.17, 15) is 18.0 Å². The van der Waals surface area contributed by atoms with Crippen LogP contribution in [-0.2, 0) is 9.84 Å². The van der Waals surface area contributed by atoms with Crippen LogP contribution in [0.3, 0.4) is 0 Å². The normalized spacial score (nSPS) is 12.2. The second-order valence-electron chi connectivity index (χ2n) is 4.92. The van der Waals surface area contributed by atoms with Gasteiger partial charge in [-0.05, 0) is 50.9 Å². The number of hydrogen-bond acceptors (Lipinski definition) is 8. The molecule has 0 atom stereocenters. The lowest BCUT2D eigenvalue weighted by Crippen LogP contribution is -2.21. The fourth-order valence-corrected chi connectivity index (χ4v) is 2.73. The van der Waals surface area contributed by atoms with Gasteiger partial charge in [0.1, 0.15) is 15.7 Å². The minimum Gasteiger partial charge on any atom is -0.474 e. The predicted octanol–water partition coefficient (Wildman–Crippen LogP) is 1.84. The lowest BCUT2D eigenvalue weighted by Gasteiger charge is -2.05. The molecule has 136 valence electrons. The number of hydroxylamine groups is 1. The van der Waals surface area contributed by atoms with Gasteiger partial charge in [-0.15, -0.1) is 0 Å². The van der Waals surface area contributed by atoms with Crippen LogP contribution >= 0.6 is 15.9 Å². The number of aromatic nitrogens is 2. The van der Waals surface area contributed by atoms with E-state index in [2.05, 4.69) is 35.9 Å². The number of amidine groups is 1. The number of aliphatic imine (C=N–C) groups is 1. The zero-order valence-corrected chi connectivity index (χ0v) is 15.3. The zero-order chi connectivity index (χ0) is 18.4. The van der Waals surface area contributed by atoms with E-state index in [1.165, 1.54) is 18.2 Å². The zero-order valence-electron chi connectivity index (χ0n) is 12.9. The van der Waals surface area contributed by atoms with Crippen molar-refractivity contribution in [3.8, 4) is 5.88 Å². The molecular formula is C13H14BrFN4O5S. The maximum atomic E-state index is 13.3. The molecule has 0 saturated heterocycles. The Kier molecular flexibility index (Phi) is 6.45. The summed E-state index contributed by atoms with van der Waals surface area (Å²) in [6, 6.07) is 3.98. The van der Waals surface area contributed by atoms with Crippen molar-refractivity contribution in [2.24, 2.45) is 4.99 Å². The highest BCUT2D eigenvalue weighted by Gasteiger charge is 2.18. The van der Waals surface area contributed by atoms with Crippen LogP contribution in [-0.4, -0.2) is 48.4 Å². The molecule has 25 heavy (non-hydrogen) atoms. The average Bonchev–Trinajstić information content (AvgIpc) is 3.00. The van der Waals surface area contributed by atoms with Crippen LogP contribution < -0.4 is 10.2 Å². The molecule has 0 aliphatic heterocycles. The standard InChI is InChI=1S/C13H14BrFN4O5S/c1-25(21,22)6-2-5-23-13-11(18-24-19-13)12(17-20)16-8-3-4-10(15)9(14)7-8/h3-4,7,20H,2,5-6H2,1H3,(H,16,17). The molecule has 2 rings (SSSR count). The van der Waals surface area contributed by atoms with Gasteiger partial charge in [-0.3, -0.25) is 10.7 Å². The van der Waals surface area contributed by atoms with E-state index in [1.54, 1.807) is 0 Å². The summed E-state index contributed by atoms with van der Waals surface area (Å²) < 4.78 is 45.5. The minimum atomic E-state index is -3.10. The van der Waals surface area contributed by atoms with Crippen molar-refractivity contribution < 1.29 is 27.4 Å². The molecule has 1 heterocycles. The predicted molar refractivity (Wildman–Crippen MR) is 89.3 cm³/mol. The van der Waals surface area contributed by atoms with Crippen molar-refractivity contribution in [3.63, 3.8) is 0 Å². The van der Waals surface area contributed by atoms with Crippen molar-refractivity contribution in [1.82, 2.24) is 15.8 Å². The van der Waals surface area contributed by atoms with Gasteiger partial charge in [0.15, 0.2) is 5.84 Å². The SMILES string of the molecule is CS(=O)(=O)CCCOc1nonc1C(=Nc1ccc(F)c(Br)c1)NO. The lowest BCUT2D eigenvalue weighted by atomic mass is 10.3. The van der Waals surface area contributed by atoms with Crippen molar-refractivity contribution in [2.75, 3.05) is 18.6 Å². The largest absolute Gasteiger partial charge is 0.474 e. The monoisotopic (exact) mass is 436 g/mol. The summed E-state index contributed by atoms with van der Waals surface area (Å²) in [7, 11) is -3.10. The first-order valence-electron chi connectivity index (χ1n) is 6.87. The van der Waals surface area contributed by atoms with E-state index in [0.29, 0.717) is 5.69 Å². The number of hydrogen-bond donors (Lipinski definition) is 2. The summed E-state index contributed by atoms with van der Waals surface area (Å²) in [5.41, 5.74) is 2.13. The van der Waals surface area contributed by atoms with Crippen LogP contribution in [0.2, 0.25) is 0 Å². The van der Waals surface area contributed by atoms with E-state index in [1.807, 2.05) is 5.48 Å². The highest BCUT2D eigenvalue weighted by Crippen LogP contribution is 2.23. The fourth-order valence-electron chi connectivity index (χ4n) is 1.72. The summed E-state index contributed by atoms with van der Waals surface area (Å²) in [6.45, 7) is 0.0507. The fraction of sp³-hybridized carbons (Fsp3) is 0.308. The van der Waals surface area contributed by atoms with E-state index in [-0.39, 0.29) is 40.7 Å². The summed E-state index contributed by atoms with van der Waals surface area (Å²) in [5, 5.41) is 16.4. The Morgan fingerprint density at radius 3 is 2.88 bits per heavy atom. The topological polar surface area (TPSA) is 127 Å². The molecule has 0 aliphatic rings. The van der Waals surface area contributed by atoms with Crippen LogP contribution in [0.25, 0.3) is 0 Å². The highest BCUT2D eigenvalue weighted by molar-refractivity contribution is 9.10. The van der Waals surface area contributed by atoms with Gasteiger partial charge in [0, 0.05) is 6.26 Å². The summed E-state index contributed by atoms with van der Waals surface area (Å²) in [4.78, 5) is 4.07. The van der Waals surface area contributed by atoms with Crippen LogP contribution in [0.5, 0.6) is 5.88 Å². The molecule has 12 heteroatoms. The Morgan fingerprint density at radius 2 is 2.24 bits per heavy atom. The average molecular weight is 437 g/mol. The molecule has 0 unspecified atom stereocenters. The number of halogens is 2. The molecule has 0 aliphatic carbocycles. The number of nitrogens with one attached hydrogen (secondary N) is 1. The Morgan fingerprint density at radius 1 is 1.48 bits per heavy atom. The minimum absolute atomic E-state index is 0.0256. The van der Waals surface area contributed by atoms with Gasteiger partial charge < -0.3 is 4.74 Å². The quantitative estimate of drug-likeness (QED) is 0.291. The first-order valence-corrected chi connectivity index (χ1v) is 9.73. The second kappa shape index (κ2) is 8.36. The molecular weight excluding hydrogens is 423 g/mol. The maximum absolute atomic E-state index is 13.3. The maximum Gasteiger partial charge on any atom is 0.287 e. The molecule has 0 bridgehead atoms. The van der Waals surface area contributed by atoms with E-state index in [0.717, 1.165) is 6.26 Å². The lowest BCUT2D eigenvalue weighted by molar-refractivity contribution is 0.233. The molecule has 0 amide bonds. The van der Waals surface area contributed by atoms with Crippen LogP contribution in [0.1, 0.15) is 12.1 Å². The third kappa shape index (κ3) is 5.76. The van der Waals surface area contributed by atoms with E-state index >= 15 is 0 Å². The van der Waals surface area contributed by atoms with Crippen molar-refractivity contribution in [2.45, 2.75) is 6.42 Å². The Hall–Kier alpha value is -2.05. The number of benzene rings is 1. The van der Waals surface area contributed by atoms with Gasteiger partial charge in [0.25, 0.3) is 5.88 Å². The summed E-state index contributed by atoms with van der Waals surface area (Å²) in [6.07, 6.45) is 1.37. The molecule has 0 fully saturated rings. The number of sulfone groups is 1. The molecule has 0 spiro atoms.